The second-order valence-electron chi connectivity index (χ2n) is 5.94. The molecule has 3 aromatic rings. The van der Waals surface area contributed by atoms with Crippen LogP contribution >= 0.6 is 46.6 Å². The maximum atomic E-state index is 12.4. The van der Waals surface area contributed by atoms with Crippen LogP contribution in [0.3, 0.4) is 0 Å². The third-order valence-corrected chi connectivity index (χ3v) is 5.78. The number of thioether (sulfide) groups is 1. The summed E-state index contributed by atoms with van der Waals surface area (Å²) in [5, 5.41) is 23.0. The lowest BCUT2D eigenvalue weighted by atomic mass is 10.2. The zero-order valence-electron chi connectivity index (χ0n) is 15.4. The number of rotatable bonds is 7. The Morgan fingerprint density at radius 1 is 1.17 bits per heavy atom. The smallest absolute Gasteiger partial charge is 0.272 e. The average Bonchev–Trinajstić information content (AvgIpc) is 3.12. The summed E-state index contributed by atoms with van der Waals surface area (Å²) in [5.74, 6) is 0.289. The number of anilines is 1. The third kappa shape index (κ3) is 5.04. The topological polar surface area (TPSA) is 103 Å². The van der Waals surface area contributed by atoms with Crippen LogP contribution in [0.1, 0.15) is 6.92 Å². The number of nitrogens with one attached hydrogen (secondary N) is 1. The van der Waals surface area contributed by atoms with Crippen LogP contribution in [0.25, 0.3) is 11.4 Å². The molecule has 0 aliphatic carbocycles. The minimum atomic E-state index is -0.616. The summed E-state index contributed by atoms with van der Waals surface area (Å²) in [6.45, 7) is 2.55. The molecule has 1 heterocycles. The van der Waals surface area contributed by atoms with Crippen LogP contribution in [0, 0.1) is 10.1 Å². The fourth-order valence-electron chi connectivity index (χ4n) is 2.58. The van der Waals surface area contributed by atoms with Gasteiger partial charge in [0.15, 0.2) is 11.0 Å². The van der Waals surface area contributed by atoms with Crippen molar-refractivity contribution in [3.63, 3.8) is 0 Å². The van der Waals surface area contributed by atoms with Gasteiger partial charge >= 0.3 is 0 Å². The molecule has 0 saturated heterocycles. The summed E-state index contributed by atoms with van der Waals surface area (Å²) in [6, 6.07) is 9.48. The van der Waals surface area contributed by atoms with Gasteiger partial charge in [-0.1, -0.05) is 46.6 Å². The van der Waals surface area contributed by atoms with E-state index in [0.29, 0.717) is 22.5 Å². The van der Waals surface area contributed by atoms with Gasteiger partial charge in [0, 0.05) is 29.3 Å². The van der Waals surface area contributed by atoms with E-state index in [1.54, 1.807) is 12.1 Å². The molecule has 1 N–H and O–H groups in total. The van der Waals surface area contributed by atoms with E-state index in [9.17, 15) is 14.9 Å². The summed E-state index contributed by atoms with van der Waals surface area (Å²) in [7, 11) is 0. The summed E-state index contributed by atoms with van der Waals surface area (Å²) < 4.78 is 1.88. The van der Waals surface area contributed by atoms with Crippen LogP contribution in [0.4, 0.5) is 11.4 Å². The quantitative estimate of drug-likeness (QED) is 0.266. The molecular formula is C18H14Cl3N5O3S. The predicted molar refractivity (Wildman–Crippen MR) is 119 cm³/mol. The van der Waals surface area contributed by atoms with Gasteiger partial charge in [-0.3, -0.25) is 14.9 Å². The number of benzene rings is 2. The standard InChI is InChI=1S/C18H14Cl3N5O3S/c1-2-25-17(10-3-5-11(19)6-4-10)23-24-18(25)30-9-15(27)22-16-13(20)7-12(26(28)29)8-14(16)21/h3-8H,2,9H2,1H3,(H,22,27). The Bertz CT molecular complexity index is 1080. The average molecular weight is 487 g/mol. The van der Waals surface area contributed by atoms with Crippen LogP contribution in [0.15, 0.2) is 41.6 Å². The highest BCUT2D eigenvalue weighted by atomic mass is 35.5. The number of carbonyl (C=O) groups excluding carboxylic acids is 1. The second-order valence-corrected chi connectivity index (χ2v) is 8.13. The zero-order chi connectivity index (χ0) is 21.8. The Kier molecular flexibility index (Phi) is 7.19. The van der Waals surface area contributed by atoms with Gasteiger partial charge in [-0.25, -0.2) is 0 Å². The van der Waals surface area contributed by atoms with Gasteiger partial charge in [-0.05, 0) is 31.2 Å². The number of nitro benzene ring substituents is 1. The molecule has 0 aliphatic rings. The molecule has 0 bridgehead atoms. The van der Waals surface area contributed by atoms with Gasteiger partial charge in [-0.2, -0.15) is 0 Å². The normalized spacial score (nSPS) is 10.8. The van der Waals surface area contributed by atoms with Crippen molar-refractivity contribution in [1.82, 2.24) is 14.8 Å². The highest BCUT2D eigenvalue weighted by molar-refractivity contribution is 7.99. The number of carbonyl (C=O) groups is 1. The number of aromatic nitrogens is 3. The van der Waals surface area contributed by atoms with E-state index in [1.165, 1.54) is 11.8 Å². The van der Waals surface area contributed by atoms with Crippen molar-refractivity contribution in [1.29, 1.82) is 0 Å². The molecule has 0 atom stereocenters. The minimum absolute atomic E-state index is 0.0163. The lowest BCUT2D eigenvalue weighted by molar-refractivity contribution is -0.384. The van der Waals surface area contributed by atoms with Gasteiger partial charge in [0.05, 0.1) is 26.4 Å². The Morgan fingerprint density at radius 2 is 1.80 bits per heavy atom. The number of non-ortho nitro benzene ring substituents is 1. The monoisotopic (exact) mass is 485 g/mol. The van der Waals surface area contributed by atoms with E-state index in [2.05, 4.69) is 15.5 Å². The SMILES string of the molecule is CCn1c(SCC(=O)Nc2c(Cl)cc([N+](=O)[O-])cc2Cl)nnc1-c1ccc(Cl)cc1. The van der Waals surface area contributed by atoms with Crippen LogP contribution in [0.2, 0.25) is 15.1 Å². The molecule has 2 aromatic carbocycles. The number of hydrogen-bond donors (Lipinski definition) is 1. The minimum Gasteiger partial charge on any atom is -0.323 e. The summed E-state index contributed by atoms with van der Waals surface area (Å²) in [4.78, 5) is 22.6. The maximum absolute atomic E-state index is 12.4. The lowest BCUT2D eigenvalue weighted by Crippen LogP contribution is -2.15. The van der Waals surface area contributed by atoms with E-state index in [0.717, 1.165) is 17.7 Å². The summed E-state index contributed by atoms with van der Waals surface area (Å²) in [5.41, 5.74) is 0.714. The Hall–Kier alpha value is -2.33. The summed E-state index contributed by atoms with van der Waals surface area (Å²) >= 11 is 19.2. The first-order chi connectivity index (χ1) is 14.3. The fraction of sp³-hybridized carbons (Fsp3) is 0.167. The van der Waals surface area contributed by atoms with Crippen molar-refractivity contribution in [2.45, 2.75) is 18.6 Å². The van der Waals surface area contributed by atoms with Gasteiger partial charge < -0.3 is 9.88 Å². The molecule has 0 spiro atoms. The number of nitrogens with zero attached hydrogens (tertiary/aromatic N) is 4. The Morgan fingerprint density at radius 3 is 2.37 bits per heavy atom. The highest BCUT2D eigenvalue weighted by Crippen LogP contribution is 2.35. The van der Waals surface area contributed by atoms with E-state index >= 15 is 0 Å². The zero-order valence-corrected chi connectivity index (χ0v) is 18.5. The second kappa shape index (κ2) is 9.65. The molecule has 156 valence electrons. The first-order valence-electron chi connectivity index (χ1n) is 8.55. The molecule has 0 saturated carbocycles. The van der Waals surface area contributed by atoms with Crippen molar-refractivity contribution >= 4 is 63.8 Å². The predicted octanol–water partition coefficient (Wildman–Crippen LogP) is 5.56. The molecule has 1 aromatic heterocycles. The number of amides is 1. The van der Waals surface area contributed by atoms with Crippen molar-refractivity contribution < 1.29 is 9.72 Å². The molecule has 3 rings (SSSR count). The Labute approximate surface area is 190 Å². The maximum Gasteiger partial charge on any atom is 0.272 e. The molecule has 30 heavy (non-hydrogen) atoms. The molecular weight excluding hydrogens is 473 g/mol. The highest BCUT2D eigenvalue weighted by Gasteiger charge is 2.18. The third-order valence-electron chi connectivity index (χ3n) is 3.97. The van der Waals surface area contributed by atoms with Crippen molar-refractivity contribution in [2.24, 2.45) is 0 Å². The van der Waals surface area contributed by atoms with Crippen molar-refractivity contribution in [3.05, 3.63) is 61.6 Å². The lowest BCUT2D eigenvalue weighted by Gasteiger charge is -2.10. The van der Waals surface area contributed by atoms with Gasteiger partial charge in [0.2, 0.25) is 5.91 Å². The van der Waals surface area contributed by atoms with Crippen molar-refractivity contribution in [2.75, 3.05) is 11.1 Å². The largest absolute Gasteiger partial charge is 0.323 e. The van der Waals surface area contributed by atoms with Crippen LogP contribution in [-0.2, 0) is 11.3 Å². The van der Waals surface area contributed by atoms with E-state index < -0.39 is 10.8 Å². The van der Waals surface area contributed by atoms with Crippen LogP contribution in [0.5, 0.6) is 0 Å². The fourth-order valence-corrected chi connectivity index (χ4v) is 4.08. The van der Waals surface area contributed by atoms with Gasteiger partial charge in [-0.15, -0.1) is 10.2 Å². The summed E-state index contributed by atoms with van der Waals surface area (Å²) in [6.07, 6.45) is 0. The number of halogens is 3. The number of hydrogen-bond acceptors (Lipinski definition) is 6. The van der Waals surface area contributed by atoms with Crippen LogP contribution in [-0.4, -0.2) is 31.3 Å². The Balaban J connectivity index is 1.71. The molecule has 0 aliphatic heterocycles. The molecule has 8 nitrogen and oxygen atoms in total. The van der Waals surface area contributed by atoms with E-state index in [-0.39, 0.29) is 27.2 Å². The van der Waals surface area contributed by atoms with Gasteiger partial charge in [0.25, 0.3) is 5.69 Å². The molecule has 0 fully saturated rings. The van der Waals surface area contributed by atoms with Crippen molar-refractivity contribution in [3.8, 4) is 11.4 Å². The first-order valence-corrected chi connectivity index (χ1v) is 10.7. The number of nitro groups is 1. The molecule has 1 amide bonds. The van der Waals surface area contributed by atoms with E-state index in [1.807, 2.05) is 23.6 Å². The molecule has 12 heteroatoms. The molecule has 0 radical (unpaired) electrons. The van der Waals surface area contributed by atoms with Gasteiger partial charge in [0.1, 0.15) is 0 Å². The first kappa shape index (κ1) is 22.4. The van der Waals surface area contributed by atoms with Crippen LogP contribution < -0.4 is 5.32 Å². The molecule has 0 unspecified atom stereocenters. The van der Waals surface area contributed by atoms with E-state index in [4.69, 9.17) is 34.8 Å².